The lowest BCUT2D eigenvalue weighted by molar-refractivity contribution is -0.164. The lowest BCUT2D eigenvalue weighted by Gasteiger charge is -2.53. The summed E-state index contributed by atoms with van der Waals surface area (Å²) in [6, 6.07) is 3.57. The van der Waals surface area contributed by atoms with E-state index < -0.39 is 64.0 Å². The minimum absolute atomic E-state index is 0.0151. The molecule has 6 atom stereocenters. The van der Waals surface area contributed by atoms with Gasteiger partial charge in [-0.25, -0.2) is 0 Å². The van der Waals surface area contributed by atoms with Crippen LogP contribution in [0.1, 0.15) is 35.2 Å². The van der Waals surface area contributed by atoms with Crippen LogP contribution in [0.2, 0.25) is 0 Å². The van der Waals surface area contributed by atoms with Crippen LogP contribution in [0.3, 0.4) is 0 Å². The Labute approximate surface area is 178 Å². The molecule has 0 aromatic heterocycles. The zero-order valence-corrected chi connectivity index (χ0v) is 17.3. The zero-order valence-electron chi connectivity index (χ0n) is 17.3. The normalized spacial score (nSPS) is 35.0. The Kier molecular flexibility index (Phi) is 4.60. The molecule has 0 aliphatic heterocycles. The first-order valence-corrected chi connectivity index (χ1v) is 10.0. The number of hydrogen-bond donors (Lipinski definition) is 4. The number of phenols is 1. The first-order valence-electron chi connectivity index (χ1n) is 10.0. The number of Topliss-reactive ketones (excluding diaryl/α,β-unsaturated/α-hetero) is 3. The zero-order chi connectivity index (χ0) is 23.0. The van der Waals surface area contributed by atoms with Crippen LogP contribution >= 0.6 is 0 Å². The smallest absolute Gasteiger partial charge is 0.255 e. The molecule has 0 radical (unpaired) electrons. The summed E-state index contributed by atoms with van der Waals surface area (Å²) < 4.78 is 0. The predicted molar refractivity (Wildman–Crippen MR) is 107 cm³/mol. The number of aliphatic hydroxyl groups excluding tert-OH is 1. The van der Waals surface area contributed by atoms with E-state index in [0.29, 0.717) is 5.56 Å². The van der Waals surface area contributed by atoms with E-state index in [1.165, 1.54) is 11.0 Å². The monoisotopic (exact) mass is 428 g/mol. The second-order valence-corrected chi connectivity index (χ2v) is 8.87. The Balaban J connectivity index is 1.95. The number of phenolic OH excluding ortho intramolecular Hbond substituents is 1. The highest BCUT2D eigenvalue weighted by molar-refractivity contribution is 6.25. The molecule has 1 amide bonds. The van der Waals surface area contributed by atoms with Gasteiger partial charge in [-0.2, -0.15) is 0 Å². The summed E-state index contributed by atoms with van der Waals surface area (Å²) in [7, 11) is 3.12. The second kappa shape index (κ2) is 6.73. The fourth-order valence-corrected chi connectivity index (χ4v) is 5.73. The molecule has 2 unspecified atom stereocenters. The predicted octanol–water partition coefficient (Wildman–Crippen LogP) is 0.0548. The molecule has 1 aromatic rings. The van der Waals surface area contributed by atoms with Crippen LogP contribution in [0.5, 0.6) is 5.75 Å². The quantitative estimate of drug-likeness (QED) is 0.380. The van der Waals surface area contributed by atoms with Gasteiger partial charge in [-0.05, 0) is 44.0 Å². The third kappa shape index (κ3) is 2.56. The van der Waals surface area contributed by atoms with E-state index >= 15 is 0 Å². The molecule has 4 rings (SSSR count). The Morgan fingerprint density at radius 3 is 2.39 bits per heavy atom. The summed E-state index contributed by atoms with van der Waals surface area (Å²) in [5, 5.41) is 32.5. The number of rotatable bonds is 2. The van der Waals surface area contributed by atoms with Gasteiger partial charge in [-0.3, -0.25) is 24.1 Å². The maximum Gasteiger partial charge on any atom is 0.255 e. The van der Waals surface area contributed by atoms with E-state index in [4.69, 9.17) is 5.73 Å². The molecule has 0 saturated heterocycles. The van der Waals surface area contributed by atoms with Gasteiger partial charge in [0.05, 0.1) is 17.5 Å². The lowest BCUT2D eigenvalue weighted by Crippen LogP contribution is -2.68. The van der Waals surface area contributed by atoms with Crippen LogP contribution in [0, 0.1) is 17.8 Å². The number of fused-ring (bicyclic) bond motifs is 3. The molecule has 3 aliphatic carbocycles. The number of benzene rings is 1. The molecule has 5 N–H and O–H groups in total. The van der Waals surface area contributed by atoms with E-state index in [1.54, 1.807) is 26.2 Å². The molecule has 9 nitrogen and oxygen atoms in total. The summed E-state index contributed by atoms with van der Waals surface area (Å²) >= 11 is 0. The molecule has 0 bridgehead atoms. The average Bonchev–Trinajstić information content (AvgIpc) is 2.68. The molecule has 9 heteroatoms. The number of aliphatic hydroxyl groups is 2. The van der Waals surface area contributed by atoms with E-state index in [-0.39, 0.29) is 23.7 Å². The third-order valence-electron chi connectivity index (χ3n) is 7.18. The van der Waals surface area contributed by atoms with Crippen LogP contribution in [0.15, 0.2) is 29.5 Å². The lowest BCUT2D eigenvalue weighted by atomic mass is 9.52. The molecule has 0 spiro atoms. The van der Waals surface area contributed by atoms with Crippen LogP contribution in [0.25, 0.3) is 0 Å². The minimum atomic E-state index is -2.62. The molecule has 164 valence electrons. The van der Waals surface area contributed by atoms with E-state index in [1.807, 2.05) is 6.92 Å². The van der Waals surface area contributed by atoms with Crippen molar-refractivity contribution in [2.45, 2.75) is 30.9 Å². The number of nitrogens with two attached hydrogens (primary N) is 1. The highest BCUT2D eigenvalue weighted by Crippen LogP contribution is 2.55. The standard InChI is InChI=1S/C22H24N2O7/c1-8-9-5-4-6-12(25)13(9)17(26)14-10(8)7-11-16(24(2)3)18(27)15(21(23)30)20(29)22(11,31)19(14)28/h4-6,8,10-11,14,16,25,29,31H,7H2,1-3H3,(H2,23,30)/t8?,10-,11+,14?,16+,22+/m1/s1. The molecule has 1 aromatic carbocycles. The van der Waals surface area contributed by atoms with E-state index in [9.17, 15) is 34.5 Å². The fraction of sp³-hybridized carbons (Fsp3) is 0.455. The summed E-state index contributed by atoms with van der Waals surface area (Å²) in [5.41, 5.74) is 2.44. The number of amides is 1. The number of ketones is 3. The largest absolute Gasteiger partial charge is 0.508 e. The van der Waals surface area contributed by atoms with Crippen molar-refractivity contribution >= 4 is 23.3 Å². The van der Waals surface area contributed by atoms with Crippen molar-refractivity contribution < 1.29 is 34.5 Å². The van der Waals surface area contributed by atoms with Crippen LogP contribution in [-0.4, -0.2) is 69.2 Å². The Hall–Kier alpha value is -3.04. The number of likely N-dealkylation sites (N-methyl/N-ethyl adjacent to an activating group) is 1. The number of carbonyl (C=O) groups is 4. The van der Waals surface area contributed by atoms with Crippen LogP contribution in [-0.2, 0) is 14.4 Å². The molecular formula is C22H24N2O7. The second-order valence-electron chi connectivity index (χ2n) is 8.87. The topological polar surface area (TPSA) is 158 Å². The third-order valence-corrected chi connectivity index (χ3v) is 7.18. The van der Waals surface area contributed by atoms with Gasteiger partial charge >= 0.3 is 0 Å². The first kappa shape index (κ1) is 21.2. The van der Waals surface area contributed by atoms with Crippen molar-refractivity contribution in [3.8, 4) is 5.75 Å². The van der Waals surface area contributed by atoms with Gasteiger partial charge in [0, 0.05) is 5.92 Å². The highest BCUT2D eigenvalue weighted by Gasteiger charge is 2.66. The van der Waals surface area contributed by atoms with Crippen molar-refractivity contribution in [1.29, 1.82) is 0 Å². The number of nitrogens with zero attached hydrogens (tertiary/aromatic N) is 1. The van der Waals surface area contributed by atoms with Gasteiger partial charge in [0.15, 0.2) is 23.0 Å². The van der Waals surface area contributed by atoms with Crippen molar-refractivity contribution in [1.82, 2.24) is 4.90 Å². The maximum absolute atomic E-state index is 13.6. The minimum Gasteiger partial charge on any atom is -0.508 e. The van der Waals surface area contributed by atoms with E-state index in [2.05, 4.69) is 0 Å². The number of primary amides is 1. The van der Waals surface area contributed by atoms with Gasteiger partial charge in [-0.15, -0.1) is 0 Å². The highest BCUT2D eigenvalue weighted by atomic mass is 16.3. The molecular weight excluding hydrogens is 404 g/mol. The summed E-state index contributed by atoms with van der Waals surface area (Å²) in [6.45, 7) is 1.82. The summed E-state index contributed by atoms with van der Waals surface area (Å²) in [6.07, 6.45) is 0.0690. The van der Waals surface area contributed by atoms with Crippen molar-refractivity contribution in [3.63, 3.8) is 0 Å². The van der Waals surface area contributed by atoms with Crippen LogP contribution < -0.4 is 5.73 Å². The fourth-order valence-electron chi connectivity index (χ4n) is 5.73. The SMILES string of the molecule is CC1c2cccc(O)c2C(=O)C2C(=O)[C@]3(O)C(O)=C(C(N)=O)C(=O)[C@@H](N(C)C)[C@@H]3C[C@@H]21. The summed E-state index contributed by atoms with van der Waals surface area (Å²) in [5.74, 6) is -8.36. The van der Waals surface area contributed by atoms with Gasteiger partial charge in [-0.1, -0.05) is 19.1 Å². The average molecular weight is 428 g/mol. The summed E-state index contributed by atoms with van der Waals surface area (Å²) in [4.78, 5) is 53.3. The Bertz CT molecular complexity index is 1080. The van der Waals surface area contributed by atoms with Crippen molar-refractivity contribution in [2.24, 2.45) is 23.5 Å². The van der Waals surface area contributed by atoms with Crippen molar-refractivity contribution in [3.05, 3.63) is 40.7 Å². The van der Waals surface area contributed by atoms with Crippen molar-refractivity contribution in [2.75, 3.05) is 14.1 Å². The van der Waals surface area contributed by atoms with E-state index in [0.717, 1.165) is 0 Å². The molecule has 3 aliphatic rings. The molecule has 31 heavy (non-hydrogen) atoms. The molecule has 0 heterocycles. The van der Waals surface area contributed by atoms with Gasteiger partial charge in [0.2, 0.25) is 0 Å². The molecule has 1 fully saturated rings. The Morgan fingerprint density at radius 1 is 1.16 bits per heavy atom. The van der Waals surface area contributed by atoms with Gasteiger partial charge in [0.25, 0.3) is 5.91 Å². The van der Waals surface area contributed by atoms with Crippen LogP contribution in [0.4, 0.5) is 0 Å². The molecule has 1 saturated carbocycles. The number of carbonyl (C=O) groups excluding carboxylic acids is 4. The number of hydrogen-bond acceptors (Lipinski definition) is 8. The first-order chi connectivity index (χ1) is 14.4. The van der Waals surface area contributed by atoms with Gasteiger partial charge in [0.1, 0.15) is 17.1 Å². The Morgan fingerprint density at radius 2 is 1.81 bits per heavy atom. The maximum atomic E-state index is 13.6. The van der Waals surface area contributed by atoms with Gasteiger partial charge < -0.3 is 21.1 Å². The number of aromatic hydroxyl groups is 1.